The lowest BCUT2D eigenvalue weighted by Crippen LogP contribution is -2.44. The molecule has 2 amide bonds. The first-order valence-electron chi connectivity index (χ1n) is 7.04. The third-order valence-electron chi connectivity index (χ3n) is 2.98. The van der Waals surface area contributed by atoms with Crippen molar-refractivity contribution in [2.75, 3.05) is 6.61 Å². The van der Waals surface area contributed by atoms with Crippen molar-refractivity contribution < 1.29 is 14.3 Å². The molecular formula is C17H17BrN2O3. The molecular weight excluding hydrogens is 360 g/mol. The summed E-state index contributed by atoms with van der Waals surface area (Å²) in [6.45, 7) is 1.78. The van der Waals surface area contributed by atoms with Gasteiger partial charge < -0.3 is 4.74 Å². The molecule has 0 aromatic heterocycles. The summed E-state index contributed by atoms with van der Waals surface area (Å²) in [5.41, 5.74) is 6.59. The third kappa shape index (κ3) is 6.12. The van der Waals surface area contributed by atoms with Crippen molar-refractivity contribution in [3.05, 3.63) is 64.1 Å². The van der Waals surface area contributed by atoms with Crippen LogP contribution in [0.1, 0.15) is 11.1 Å². The number of hydrogen-bond donors (Lipinski definition) is 2. The van der Waals surface area contributed by atoms with Crippen molar-refractivity contribution in [3.8, 4) is 5.75 Å². The minimum atomic E-state index is -0.421. The number of carbonyl (C=O) groups is 2. The van der Waals surface area contributed by atoms with Crippen molar-refractivity contribution in [1.82, 2.24) is 10.9 Å². The van der Waals surface area contributed by atoms with Gasteiger partial charge in [0, 0.05) is 4.47 Å². The molecule has 6 heteroatoms. The highest BCUT2D eigenvalue weighted by Crippen LogP contribution is 2.12. The van der Waals surface area contributed by atoms with Crippen LogP contribution >= 0.6 is 15.9 Å². The Morgan fingerprint density at radius 1 is 1.04 bits per heavy atom. The lowest BCUT2D eigenvalue weighted by molar-refractivity contribution is -0.129. The Balaban J connectivity index is 1.71. The van der Waals surface area contributed by atoms with E-state index in [2.05, 4.69) is 26.8 Å². The summed E-state index contributed by atoms with van der Waals surface area (Å²) in [6.07, 6.45) is 0.187. The molecule has 0 unspecified atom stereocenters. The van der Waals surface area contributed by atoms with E-state index in [0.717, 1.165) is 15.6 Å². The zero-order valence-electron chi connectivity index (χ0n) is 12.6. The molecule has 2 aromatic carbocycles. The van der Waals surface area contributed by atoms with Crippen LogP contribution in [-0.4, -0.2) is 18.4 Å². The van der Waals surface area contributed by atoms with E-state index in [1.54, 1.807) is 6.07 Å². The number of ether oxygens (including phenoxy) is 1. The molecule has 0 bridgehead atoms. The molecule has 0 saturated heterocycles. The van der Waals surface area contributed by atoms with Crippen LogP contribution in [0.3, 0.4) is 0 Å². The molecule has 0 aliphatic heterocycles. The van der Waals surface area contributed by atoms with Gasteiger partial charge >= 0.3 is 0 Å². The Kier molecular flexibility index (Phi) is 6.17. The second kappa shape index (κ2) is 8.33. The van der Waals surface area contributed by atoms with Gasteiger partial charge in [-0.1, -0.05) is 40.2 Å². The molecule has 0 fully saturated rings. The van der Waals surface area contributed by atoms with Crippen LogP contribution in [0.2, 0.25) is 0 Å². The van der Waals surface area contributed by atoms with Crippen molar-refractivity contribution in [3.63, 3.8) is 0 Å². The number of amides is 2. The summed E-state index contributed by atoms with van der Waals surface area (Å²) < 4.78 is 6.29. The molecule has 2 aromatic rings. The van der Waals surface area contributed by atoms with E-state index in [9.17, 15) is 9.59 Å². The van der Waals surface area contributed by atoms with Gasteiger partial charge in [0.15, 0.2) is 6.61 Å². The standard InChI is InChI=1S/C17H17BrN2O3/c1-12-3-2-4-15(9-12)23-11-17(22)20-19-16(21)10-13-5-7-14(18)8-6-13/h2-9H,10-11H2,1H3,(H,19,21)(H,20,22). The van der Waals surface area contributed by atoms with Crippen molar-refractivity contribution in [2.45, 2.75) is 13.3 Å². The molecule has 0 radical (unpaired) electrons. The Bertz CT molecular complexity index is 686. The van der Waals surface area contributed by atoms with Gasteiger partial charge in [0.2, 0.25) is 5.91 Å². The van der Waals surface area contributed by atoms with E-state index in [1.807, 2.05) is 49.4 Å². The van der Waals surface area contributed by atoms with Crippen LogP contribution in [0.25, 0.3) is 0 Å². The van der Waals surface area contributed by atoms with E-state index in [1.165, 1.54) is 0 Å². The maximum atomic E-state index is 11.7. The van der Waals surface area contributed by atoms with E-state index in [4.69, 9.17) is 4.74 Å². The molecule has 0 heterocycles. The topological polar surface area (TPSA) is 67.4 Å². The largest absolute Gasteiger partial charge is 0.484 e. The van der Waals surface area contributed by atoms with E-state index in [0.29, 0.717) is 5.75 Å². The highest BCUT2D eigenvalue weighted by atomic mass is 79.9. The molecule has 2 N–H and O–H groups in total. The van der Waals surface area contributed by atoms with Gasteiger partial charge in [0.05, 0.1) is 6.42 Å². The van der Waals surface area contributed by atoms with Crippen LogP contribution in [0.15, 0.2) is 53.0 Å². The second-order valence-electron chi connectivity index (χ2n) is 5.00. The number of hydrazine groups is 1. The Morgan fingerprint density at radius 3 is 2.43 bits per heavy atom. The van der Waals surface area contributed by atoms with Gasteiger partial charge in [0.25, 0.3) is 5.91 Å². The summed E-state index contributed by atoms with van der Waals surface area (Å²) in [7, 11) is 0. The summed E-state index contributed by atoms with van der Waals surface area (Å²) in [5.74, 6) is -0.103. The fourth-order valence-corrected chi connectivity index (χ4v) is 2.13. The Hall–Kier alpha value is -2.34. The fraction of sp³-hybridized carbons (Fsp3) is 0.176. The average Bonchev–Trinajstić information content (AvgIpc) is 2.53. The lowest BCUT2D eigenvalue weighted by Gasteiger charge is -2.09. The summed E-state index contributed by atoms with van der Waals surface area (Å²) in [4.78, 5) is 23.4. The van der Waals surface area contributed by atoms with Crippen LogP contribution in [0.5, 0.6) is 5.75 Å². The molecule has 0 atom stereocenters. The van der Waals surface area contributed by atoms with Gasteiger partial charge in [-0.2, -0.15) is 0 Å². The first-order chi connectivity index (χ1) is 11.0. The fourth-order valence-electron chi connectivity index (χ4n) is 1.86. The quantitative estimate of drug-likeness (QED) is 0.787. The molecule has 5 nitrogen and oxygen atoms in total. The summed E-state index contributed by atoms with van der Waals surface area (Å²) in [6, 6.07) is 14.8. The molecule has 0 saturated carbocycles. The van der Waals surface area contributed by atoms with Gasteiger partial charge in [-0.15, -0.1) is 0 Å². The predicted molar refractivity (Wildman–Crippen MR) is 90.8 cm³/mol. The number of benzene rings is 2. The first-order valence-corrected chi connectivity index (χ1v) is 7.84. The summed E-state index contributed by atoms with van der Waals surface area (Å²) in [5, 5.41) is 0. The van der Waals surface area contributed by atoms with Gasteiger partial charge in [-0.3, -0.25) is 20.4 Å². The monoisotopic (exact) mass is 376 g/mol. The summed E-state index contributed by atoms with van der Waals surface area (Å²) >= 11 is 3.33. The SMILES string of the molecule is Cc1cccc(OCC(=O)NNC(=O)Cc2ccc(Br)cc2)c1. The van der Waals surface area contributed by atoms with Crippen LogP contribution in [0, 0.1) is 6.92 Å². The number of halogens is 1. The van der Waals surface area contributed by atoms with Crippen molar-refractivity contribution >= 4 is 27.7 Å². The minimum Gasteiger partial charge on any atom is -0.484 e. The molecule has 0 aliphatic rings. The van der Waals surface area contributed by atoms with Crippen molar-refractivity contribution in [1.29, 1.82) is 0 Å². The highest BCUT2D eigenvalue weighted by molar-refractivity contribution is 9.10. The highest BCUT2D eigenvalue weighted by Gasteiger charge is 2.06. The van der Waals surface area contributed by atoms with Gasteiger partial charge in [-0.05, 0) is 42.3 Å². The smallest absolute Gasteiger partial charge is 0.276 e. The zero-order valence-corrected chi connectivity index (χ0v) is 14.2. The molecule has 0 spiro atoms. The van der Waals surface area contributed by atoms with E-state index < -0.39 is 5.91 Å². The van der Waals surface area contributed by atoms with Gasteiger partial charge in [-0.25, -0.2) is 0 Å². The number of rotatable bonds is 5. The maximum Gasteiger partial charge on any atom is 0.276 e. The Labute approximate surface area is 143 Å². The van der Waals surface area contributed by atoms with Crippen LogP contribution < -0.4 is 15.6 Å². The molecule has 2 rings (SSSR count). The predicted octanol–water partition coefficient (Wildman–Crippen LogP) is 2.53. The minimum absolute atomic E-state index is 0.165. The number of nitrogens with one attached hydrogen (secondary N) is 2. The third-order valence-corrected chi connectivity index (χ3v) is 3.51. The Morgan fingerprint density at radius 2 is 1.74 bits per heavy atom. The van der Waals surface area contributed by atoms with Gasteiger partial charge in [0.1, 0.15) is 5.75 Å². The number of hydrogen-bond acceptors (Lipinski definition) is 3. The molecule has 0 aliphatic carbocycles. The lowest BCUT2D eigenvalue weighted by atomic mass is 10.1. The normalized spacial score (nSPS) is 10.0. The van der Waals surface area contributed by atoms with Crippen LogP contribution in [-0.2, 0) is 16.0 Å². The number of aryl methyl sites for hydroxylation is 1. The molecule has 23 heavy (non-hydrogen) atoms. The zero-order chi connectivity index (χ0) is 16.7. The number of carbonyl (C=O) groups excluding carboxylic acids is 2. The van der Waals surface area contributed by atoms with E-state index >= 15 is 0 Å². The van der Waals surface area contributed by atoms with Crippen molar-refractivity contribution in [2.24, 2.45) is 0 Å². The van der Waals surface area contributed by atoms with Crippen LogP contribution in [0.4, 0.5) is 0 Å². The maximum absolute atomic E-state index is 11.7. The molecule has 120 valence electrons. The second-order valence-corrected chi connectivity index (χ2v) is 5.92. The average molecular weight is 377 g/mol. The van der Waals surface area contributed by atoms with E-state index in [-0.39, 0.29) is 18.9 Å². The first kappa shape index (κ1) is 17.0.